The predicted octanol–water partition coefficient (Wildman–Crippen LogP) is 3.13. The summed E-state index contributed by atoms with van der Waals surface area (Å²) in [4.78, 5) is 30.6. The highest BCUT2D eigenvalue weighted by atomic mass is 16.5. The van der Waals surface area contributed by atoms with E-state index in [1.807, 2.05) is 68.4 Å². The Morgan fingerprint density at radius 1 is 1.14 bits per heavy atom. The Hall–Kier alpha value is -3.43. The van der Waals surface area contributed by atoms with Crippen molar-refractivity contribution in [1.82, 2.24) is 20.1 Å². The summed E-state index contributed by atoms with van der Waals surface area (Å²) in [5, 5.41) is 9.26. The van der Waals surface area contributed by atoms with Crippen molar-refractivity contribution in [3.63, 3.8) is 0 Å². The lowest BCUT2D eigenvalue weighted by molar-refractivity contribution is -0.133. The summed E-state index contributed by atoms with van der Waals surface area (Å²) in [5.41, 5.74) is 2.73. The molecule has 2 aromatic carbocycles. The molecule has 1 N–H and O–H groups in total. The van der Waals surface area contributed by atoms with Gasteiger partial charge in [0, 0.05) is 44.2 Å². The van der Waals surface area contributed by atoms with Crippen LogP contribution in [0.4, 0.5) is 4.79 Å². The molecule has 9 nitrogen and oxygen atoms in total. The molecule has 2 aliphatic heterocycles. The third-order valence-electron chi connectivity index (χ3n) is 6.57. The fourth-order valence-corrected chi connectivity index (χ4v) is 4.57. The van der Waals surface area contributed by atoms with Crippen LogP contribution in [0.1, 0.15) is 37.4 Å². The van der Waals surface area contributed by atoms with Crippen LogP contribution in [-0.2, 0) is 9.53 Å². The van der Waals surface area contributed by atoms with Crippen molar-refractivity contribution in [3.05, 3.63) is 65.7 Å². The first-order valence-electron chi connectivity index (χ1n) is 12.9. The molecule has 2 aromatic rings. The highest BCUT2D eigenvalue weighted by Gasteiger charge is 2.34. The Balaban J connectivity index is 1.55. The number of amides is 3. The van der Waals surface area contributed by atoms with E-state index >= 15 is 0 Å². The molecule has 0 bridgehead atoms. The summed E-state index contributed by atoms with van der Waals surface area (Å²) in [6, 6.07) is 17.1. The van der Waals surface area contributed by atoms with Gasteiger partial charge < -0.3 is 19.7 Å². The number of benzene rings is 2. The quantitative estimate of drug-likeness (QED) is 0.564. The molecule has 0 aliphatic carbocycles. The Bertz CT molecular complexity index is 1080. The average molecular weight is 508 g/mol. The van der Waals surface area contributed by atoms with Crippen molar-refractivity contribution in [1.29, 1.82) is 0 Å². The van der Waals surface area contributed by atoms with E-state index < -0.39 is 0 Å². The Kier molecular flexibility index (Phi) is 9.14. The minimum atomic E-state index is -0.246. The third kappa shape index (κ3) is 7.08. The first kappa shape index (κ1) is 26.6. The second-order valence-corrected chi connectivity index (χ2v) is 9.63. The fraction of sp³-hybridized carbons (Fsp3) is 0.464. The summed E-state index contributed by atoms with van der Waals surface area (Å²) < 4.78 is 10.8. The Labute approximate surface area is 219 Å². The van der Waals surface area contributed by atoms with Crippen molar-refractivity contribution in [2.24, 2.45) is 5.10 Å². The third-order valence-corrected chi connectivity index (χ3v) is 6.57. The number of carbonyl (C=O) groups excluding carboxylic acids is 2. The summed E-state index contributed by atoms with van der Waals surface area (Å²) in [6.07, 6.45) is 0.578. The summed E-state index contributed by atoms with van der Waals surface area (Å²) in [6.45, 7) is 7.92. The minimum Gasteiger partial charge on any atom is -0.497 e. The zero-order chi connectivity index (χ0) is 26.2. The lowest BCUT2D eigenvalue weighted by Crippen LogP contribution is -2.50. The number of carbonyl (C=O) groups is 2. The molecule has 1 saturated heterocycles. The molecular formula is C28H37N5O4. The van der Waals surface area contributed by atoms with Crippen molar-refractivity contribution in [3.8, 4) is 5.75 Å². The number of hydrazone groups is 1. The number of nitrogens with one attached hydrogen (secondary N) is 1. The molecule has 1 atom stereocenters. The SMILES string of the molecule is COc1cccc(C2=NN(C(=O)CN(CCN3CCOCC3)C(=O)NC(C)C)C(c3ccccc3)C2)c1. The summed E-state index contributed by atoms with van der Waals surface area (Å²) >= 11 is 0. The molecule has 0 spiro atoms. The first-order chi connectivity index (χ1) is 17.9. The topological polar surface area (TPSA) is 86.7 Å². The smallest absolute Gasteiger partial charge is 0.318 e. The van der Waals surface area contributed by atoms with Gasteiger partial charge >= 0.3 is 6.03 Å². The molecule has 0 saturated carbocycles. The maximum Gasteiger partial charge on any atom is 0.318 e. The van der Waals surface area contributed by atoms with E-state index in [2.05, 4.69) is 10.2 Å². The van der Waals surface area contributed by atoms with Gasteiger partial charge in [0.05, 0.1) is 32.1 Å². The fourth-order valence-electron chi connectivity index (χ4n) is 4.57. The zero-order valence-corrected chi connectivity index (χ0v) is 21.9. The number of hydrogen-bond donors (Lipinski definition) is 1. The van der Waals surface area contributed by atoms with Crippen molar-refractivity contribution < 1.29 is 19.1 Å². The Morgan fingerprint density at radius 2 is 1.89 bits per heavy atom. The van der Waals surface area contributed by atoms with Gasteiger partial charge in [-0.05, 0) is 31.5 Å². The number of nitrogens with zero attached hydrogens (tertiary/aromatic N) is 4. The number of morpholine rings is 1. The van der Waals surface area contributed by atoms with Gasteiger partial charge in [-0.1, -0.05) is 42.5 Å². The van der Waals surface area contributed by atoms with Gasteiger partial charge in [-0.25, -0.2) is 9.80 Å². The number of ether oxygens (including phenoxy) is 2. The molecule has 4 rings (SSSR count). The number of rotatable bonds is 9. The number of hydrogen-bond acceptors (Lipinski definition) is 6. The van der Waals surface area contributed by atoms with E-state index in [0.29, 0.717) is 32.7 Å². The molecule has 2 aliphatic rings. The van der Waals surface area contributed by atoms with Crippen molar-refractivity contribution in [2.45, 2.75) is 32.4 Å². The summed E-state index contributed by atoms with van der Waals surface area (Å²) in [5.74, 6) is 0.522. The van der Waals surface area contributed by atoms with Crippen LogP contribution in [0.15, 0.2) is 59.7 Å². The molecule has 1 fully saturated rings. The molecular weight excluding hydrogens is 470 g/mol. The monoisotopic (exact) mass is 507 g/mol. The molecule has 37 heavy (non-hydrogen) atoms. The molecule has 2 heterocycles. The minimum absolute atomic E-state index is 0.0324. The second kappa shape index (κ2) is 12.7. The maximum atomic E-state index is 13.7. The van der Waals surface area contributed by atoms with Crippen molar-refractivity contribution in [2.75, 3.05) is 53.0 Å². The van der Waals surface area contributed by atoms with E-state index in [4.69, 9.17) is 14.6 Å². The van der Waals surface area contributed by atoms with Crippen LogP contribution < -0.4 is 10.1 Å². The number of methoxy groups -OCH3 is 1. The van der Waals surface area contributed by atoms with Crippen LogP contribution in [0.2, 0.25) is 0 Å². The molecule has 9 heteroatoms. The Morgan fingerprint density at radius 3 is 2.59 bits per heavy atom. The second-order valence-electron chi connectivity index (χ2n) is 9.63. The van der Waals surface area contributed by atoms with Crippen LogP contribution in [0, 0.1) is 0 Å². The zero-order valence-electron chi connectivity index (χ0n) is 21.9. The number of urea groups is 1. The van der Waals surface area contributed by atoms with Crippen LogP contribution in [0.3, 0.4) is 0 Å². The van der Waals surface area contributed by atoms with Gasteiger partial charge in [0.2, 0.25) is 0 Å². The van der Waals surface area contributed by atoms with E-state index in [1.165, 1.54) is 0 Å². The van der Waals surface area contributed by atoms with Gasteiger partial charge in [-0.3, -0.25) is 9.69 Å². The highest BCUT2D eigenvalue weighted by Crippen LogP contribution is 2.33. The molecule has 198 valence electrons. The summed E-state index contributed by atoms with van der Waals surface area (Å²) in [7, 11) is 1.63. The van der Waals surface area contributed by atoms with Crippen LogP contribution in [0.5, 0.6) is 5.75 Å². The van der Waals surface area contributed by atoms with Gasteiger partial charge in [-0.2, -0.15) is 5.10 Å². The standard InChI is InChI=1S/C28H37N5O4/c1-21(2)29-28(35)32(13-12-31-14-16-37-17-15-31)20-27(34)33-26(22-8-5-4-6-9-22)19-25(30-33)23-10-7-11-24(18-23)36-3/h4-11,18,21,26H,12-17,19-20H2,1-3H3,(H,29,35). The van der Waals surface area contributed by atoms with Gasteiger partial charge in [0.25, 0.3) is 5.91 Å². The molecule has 0 aromatic heterocycles. The molecule has 0 radical (unpaired) electrons. The van der Waals surface area contributed by atoms with Crippen molar-refractivity contribution >= 4 is 17.6 Å². The van der Waals surface area contributed by atoms with Gasteiger partial charge in [-0.15, -0.1) is 0 Å². The van der Waals surface area contributed by atoms with E-state index in [0.717, 1.165) is 35.7 Å². The predicted molar refractivity (Wildman–Crippen MR) is 143 cm³/mol. The first-order valence-corrected chi connectivity index (χ1v) is 12.9. The lowest BCUT2D eigenvalue weighted by Gasteiger charge is -2.31. The normalized spacial score (nSPS) is 18.0. The van der Waals surface area contributed by atoms with E-state index in [9.17, 15) is 9.59 Å². The van der Waals surface area contributed by atoms with Crippen LogP contribution in [0.25, 0.3) is 0 Å². The average Bonchev–Trinajstić information content (AvgIpc) is 3.37. The largest absolute Gasteiger partial charge is 0.497 e. The van der Waals surface area contributed by atoms with Gasteiger partial charge in [0.15, 0.2) is 0 Å². The lowest BCUT2D eigenvalue weighted by atomic mass is 9.98. The van der Waals surface area contributed by atoms with Crippen LogP contribution in [-0.4, -0.2) is 91.5 Å². The van der Waals surface area contributed by atoms with Crippen LogP contribution >= 0.6 is 0 Å². The van der Waals surface area contributed by atoms with E-state index in [1.54, 1.807) is 17.0 Å². The highest BCUT2D eigenvalue weighted by molar-refractivity contribution is 6.03. The molecule has 1 unspecified atom stereocenters. The molecule has 3 amide bonds. The van der Waals surface area contributed by atoms with E-state index in [-0.39, 0.29) is 30.6 Å². The van der Waals surface area contributed by atoms with Gasteiger partial charge in [0.1, 0.15) is 12.3 Å². The maximum absolute atomic E-state index is 13.7.